The molecule has 4 nitrogen and oxygen atoms in total. The molecule has 6 heteroatoms. The van der Waals surface area contributed by atoms with E-state index in [1.54, 1.807) is 36.4 Å². The summed E-state index contributed by atoms with van der Waals surface area (Å²) < 4.78 is 35.6. The van der Waals surface area contributed by atoms with Crippen molar-refractivity contribution in [2.24, 2.45) is 0 Å². The first-order chi connectivity index (χ1) is 9.34. The maximum atomic E-state index is 12.2. The maximum Gasteiger partial charge on any atom is 0.199 e. The molecule has 0 N–H and O–H groups in total. The van der Waals surface area contributed by atoms with Crippen LogP contribution in [0.2, 0.25) is 0 Å². The van der Waals surface area contributed by atoms with E-state index in [4.69, 9.17) is 9.47 Å². The van der Waals surface area contributed by atoms with Crippen molar-refractivity contribution in [1.29, 1.82) is 0 Å². The van der Waals surface area contributed by atoms with Crippen molar-refractivity contribution in [2.75, 3.05) is 5.33 Å². The molecule has 0 bridgehead atoms. The lowest BCUT2D eigenvalue weighted by Gasteiger charge is -2.15. The summed E-state index contributed by atoms with van der Waals surface area (Å²) in [5.74, 6) is -0.704. The van der Waals surface area contributed by atoms with Gasteiger partial charge in [0.15, 0.2) is 15.6 Å². The average molecular weight is 361 g/mol. The minimum Gasteiger partial charge on any atom is -0.343 e. The van der Waals surface area contributed by atoms with Crippen molar-refractivity contribution in [3.8, 4) is 0 Å². The van der Waals surface area contributed by atoms with Gasteiger partial charge in [0, 0.05) is 10.7 Å². The topological polar surface area (TPSA) is 52.6 Å². The van der Waals surface area contributed by atoms with Crippen LogP contribution in [0.1, 0.15) is 13.8 Å². The lowest BCUT2D eigenvalue weighted by Crippen LogP contribution is -2.22. The Morgan fingerprint density at radius 3 is 2.50 bits per heavy atom. The van der Waals surface area contributed by atoms with Crippen molar-refractivity contribution in [3.63, 3.8) is 0 Å². The Morgan fingerprint density at radius 2 is 1.90 bits per heavy atom. The molecule has 0 unspecified atom stereocenters. The second-order valence-electron chi connectivity index (χ2n) is 4.98. The van der Waals surface area contributed by atoms with Crippen molar-refractivity contribution >= 4 is 25.8 Å². The minimum atomic E-state index is -3.45. The Balaban J connectivity index is 2.17. The summed E-state index contributed by atoms with van der Waals surface area (Å²) >= 11 is 3.35. The molecule has 0 saturated carbocycles. The Morgan fingerprint density at radius 1 is 1.25 bits per heavy atom. The highest BCUT2D eigenvalue weighted by Gasteiger charge is 2.39. The molecule has 1 fully saturated rings. The van der Waals surface area contributed by atoms with E-state index in [0.29, 0.717) is 5.33 Å². The molecule has 2 atom stereocenters. The van der Waals surface area contributed by atoms with E-state index in [9.17, 15) is 8.42 Å². The third kappa shape index (κ3) is 3.69. The Hall–Kier alpha value is -0.690. The molecular weight excluding hydrogens is 344 g/mol. The summed E-state index contributed by atoms with van der Waals surface area (Å²) in [4.78, 5) is 0.268. The summed E-state index contributed by atoms with van der Waals surface area (Å²) in [6.07, 6.45) is 0.957. The van der Waals surface area contributed by atoms with Gasteiger partial charge in [-0.2, -0.15) is 0 Å². The zero-order valence-electron chi connectivity index (χ0n) is 11.3. The van der Waals surface area contributed by atoms with E-state index in [2.05, 4.69) is 15.9 Å². The van der Waals surface area contributed by atoms with E-state index >= 15 is 0 Å². The van der Waals surface area contributed by atoms with Crippen LogP contribution in [0.5, 0.6) is 0 Å². The Labute approximate surface area is 127 Å². The lowest BCUT2D eigenvalue weighted by molar-refractivity contribution is -0.140. The summed E-state index contributed by atoms with van der Waals surface area (Å²) in [7, 11) is -3.45. The van der Waals surface area contributed by atoms with Crippen molar-refractivity contribution in [3.05, 3.63) is 41.8 Å². The van der Waals surface area contributed by atoms with E-state index in [1.165, 1.54) is 5.41 Å². The van der Waals surface area contributed by atoms with Crippen molar-refractivity contribution < 1.29 is 17.9 Å². The van der Waals surface area contributed by atoms with Crippen LogP contribution < -0.4 is 0 Å². The monoisotopic (exact) mass is 360 g/mol. The highest BCUT2D eigenvalue weighted by atomic mass is 79.9. The maximum absolute atomic E-state index is 12.2. The van der Waals surface area contributed by atoms with Crippen LogP contribution in [0, 0.1) is 0 Å². The van der Waals surface area contributed by atoms with E-state index in [-0.39, 0.29) is 17.1 Å². The summed E-state index contributed by atoms with van der Waals surface area (Å²) in [6, 6.07) is 8.30. The number of alkyl halides is 1. The minimum absolute atomic E-state index is 0.202. The average Bonchev–Trinajstić information content (AvgIpc) is 2.72. The van der Waals surface area contributed by atoms with Gasteiger partial charge >= 0.3 is 0 Å². The normalized spacial score (nSPS) is 26.1. The van der Waals surface area contributed by atoms with Gasteiger partial charge in [-0.05, 0) is 32.1 Å². The molecule has 0 amide bonds. The van der Waals surface area contributed by atoms with Crippen molar-refractivity contribution in [1.82, 2.24) is 0 Å². The van der Waals surface area contributed by atoms with E-state index in [1.807, 2.05) is 13.8 Å². The van der Waals surface area contributed by atoms with Crippen molar-refractivity contribution in [2.45, 2.75) is 36.7 Å². The van der Waals surface area contributed by atoms with Gasteiger partial charge < -0.3 is 9.47 Å². The van der Waals surface area contributed by atoms with Crippen LogP contribution in [0.3, 0.4) is 0 Å². The van der Waals surface area contributed by atoms with Crippen LogP contribution in [-0.2, 0) is 19.3 Å². The molecule has 1 saturated heterocycles. The van der Waals surface area contributed by atoms with Gasteiger partial charge in [0.2, 0.25) is 0 Å². The molecule has 1 aromatic carbocycles. The Kier molecular flexibility index (Phi) is 4.69. The fraction of sp³-hybridized carbons (Fsp3) is 0.429. The second-order valence-corrected chi connectivity index (χ2v) is 7.46. The molecule has 110 valence electrons. The molecule has 1 heterocycles. The van der Waals surface area contributed by atoms with Gasteiger partial charge in [-0.25, -0.2) is 8.42 Å². The molecule has 20 heavy (non-hydrogen) atoms. The number of ether oxygens (including phenoxy) is 2. The van der Waals surface area contributed by atoms with Gasteiger partial charge in [-0.3, -0.25) is 0 Å². The number of rotatable bonds is 4. The van der Waals surface area contributed by atoms with Gasteiger partial charge in [0.05, 0.1) is 4.90 Å². The highest BCUT2D eigenvalue weighted by molar-refractivity contribution is 9.09. The van der Waals surface area contributed by atoms with Crippen LogP contribution in [0.15, 0.2) is 46.7 Å². The number of hydrogen-bond acceptors (Lipinski definition) is 4. The van der Waals surface area contributed by atoms with Crippen LogP contribution >= 0.6 is 15.9 Å². The van der Waals surface area contributed by atoms with Crippen LogP contribution in [0.25, 0.3) is 0 Å². The third-order valence-electron chi connectivity index (χ3n) is 2.89. The summed E-state index contributed by atoms with van der Waals surface area (Å²) in [5, 5.41) is 1.77. The fourth-order valence-electron chi connectivity index (χ4n) is 2.02. The zero-order valence-corrected chi connectivity index (χ0v) is 13.7. The first-order valence-corrected chi connectivity index (χ1v) is 8.91. The molecule has 0 radical (unpaired) electrons. The molecule has 0 aliphatic carbocycles. The van der Waals surface area contributed by atoms with Gasteiger partial charge in [0.25, 0.3) is 0 Å². The number of hydrogen-bond donors (Lipinski definition) is 0. The SMILES string of the molecule is CC1(C)O[C@@H](/C=C/S(=O)(=O)c2ccccc2)[C@@H](CBr)O1. The van der Waals surface area contributed by atoms with Gasteiger partial charge in [-0.1, -0.05) is 34.1 Å². The third-order valence-corrected chi connectivity index (χ3v) is 4.98. The molecule has 1 aromatic rings. The standard InChI is InChI=1S/C14H17BrO4S/c1-14(2)18-12(13(10-15)19-14)8-9-20(16,17)11-6-4-3-5-7-11/h3-9,12-13H,10H2,1-2H3/b9-8+/t12-,13+/m0/s1. The smallest absolute Gasteiger partial charge is 0.199 e. The summed E-state index contributed by atoms with van der Waals surface area (Å²) in [5.41, 5.74) is 0. The molecule has 1 aliphatic rings. The van der Waals surface area contributed by atoms with Crippen LogP contribution in [-0.4, -0.2) is 31.7 Å². The molecule has 0 aromatic heterocycles. The highest BCUT2D eigenvalue weighted by Crippen LogP contribution is 2.30. The lowest BCUT2D eigenvalue weighted by atomic mass is 10.2. The van der Waals surface area contributed by atoms with Crippen LogP contribution in [0.4, 0.5) is 0 Å². The molecular formula is C14H17BrO4S. The first-order valence-electron chi connectivity index (χ1n) is 6.24. The number of benzene rings is 1. The van der Waals surface area contributed by atoms with Gasteiger partial charge in [-0.15, -0.1) is 0 Å². The van der Waals surface area contributed by atoms with Gasteiger partial charge in [0.1, 0.15) is 12.2 Å². The second kappa shape index (κ2) is 5.97. The van der Waals surface area contributed by atoms with E-state index < -0.39 is 15.6 Å². The predicted octanol–water partition coefficient (Wildman–Crippen LogP) is 2.89. The summed E-state index contributed by atoms with van der Waals surface area (Å²) in [6.45, 7) is 3.62. The fourth-order valence-corrected chi connectivity index (χ4v) is 3.57. The largest absolute Gasteiger partial charge is 0.343 e. The molecule has 1 aliphatic heterocycles. The number of sulfone groups is 1. The predicted molar refractivity (Wildman–Crippen MR) is 80.4 cm³/mol. The quantitative estimate of drug-likeness (QED) is 0.774. The molecule has 2 rings (SSSR count). The Bertz CT molecular complexity index is 580. The number of halogens is 1. The first kappa shape index (κ1) is 15.7. The zero-order chi connectivity index (χ0) is 14.8. The molecule has 0 spiro atoms. The van der Waals surface area contributed by atoms with E-state index in [0.717, 1.165) is 0 Å².